The van der Waals surface area contributed by atoms with Crippen molar-refractivity contribution >= 4 is 16.6 Å². The second-order valence-corrected chi connectivity index (χ2v) is 6.42. The van der Waals surface area contributed by atoms with Crippen LogP contribution in [0.15, 0.2) is 36.5 Å². The Bertz CT molecular complexity index is 909. The van der Waals surface area contributed by atoms with E-state index in [-0.39, 0.29) is 0 Å². The molecular weight excluding hydrogens is 300 g/mol. The molecule has 1 fully saturated rings. The van der Waals surface area contributed by atoms with Gasteiger partial charge in [-0.2, -0.15) is 0 Å². The maximum atomic E-state index is 6.02. The van der Waals surface area contributed by atoms with Gasteiger partial charge in [0, 0.05) is 47.6 Å². The topological polar surface area (TPSA) is 73.9 Å². The van der Waals surface area contributed by atoms with Crippen molar-refractivity contribution in [3.05, 3.63) is 59.3 Å². The SMILES string of the molecule is COCc1cc(N)cc2nc([C@H]3C[C@@H]3c3nccc(C)n3)ccc12. The summed E-state index contributed by atoms with van der Waals surface area (Å²) in [7, 11) is 1.69. The summed E-state index contributed by atoms with van der Waals surface area (Å²) in [6.07, 6.45) is 2.88. The highest BCUT2D eigenvalue weighted by Gasteiger charge is 2.42. The Balaban J connectivity index is 1.67. The molecule has 0 radical (unpaired) electrons. The maximum absolute atomic E-state index is 6.02. The minimum absolute atomic E-state index is 0.370. The maximum Gasteiger partial charge on any atom is 0.132 e. The molecule has 2 aromatic heterocycles. The average Bonchev–Trinajstić information content (AvgIpc) is 3.35. The fourth-order valence-corrected chi connectivity index (χ4v) is 3.29. The van der Waals surface area contributed by atoms with E-state index >= 15 is 0 Å². The number of nitrogens with zero attached hydrogens (tertiary/aromatic N) is 3. The number of fused-ring (bicyclic) bond motifs is 1. The van der Waals surface area contributed by atoms with Crippen LogP contribution in [0.4, 0.5) is 5.69 Å². The lowest BCUT2D eigenvalue weighted by atomic mass is 10.1. The van der Waals surface area contributed by atoms with E-state index < -0.39 is 0 Å². The van der Waals surface area contributed by atoms with Crippen molar-refractivity contribution in [2.45, 2.75) is 31.8 Å². The first-order chi connectivity index (χ1) is 11.7. The molecule has 0 bridgehead atoms. The fourth-order valence-electron chi connectivity index (χ4n) is 3.29. The van der Waals surface area contributed by atoms with Crippen molar-refractivity contribution < 1.29 is 4.74 Å². The molecule has 2 N–H and O–H groups in total. The third-order valence-corrected chi connectivity index (χ3v) is 4.55. The van der Waals surface area contributed by atoms with E-state index in [1.165, 1.54) is 0 Å². The molecule has 1 aromatic carbocycles. The number of hydrogen-bond donors (Lipinski definition) is 1. The van der Waals surface area contributed by atoms with Crippen LogP contribution >= 0.6 is 0 Å². The smallest absolute Gasteiger partial charge is 0.132 e. The van der Waals surface area contributed by atoms with Gasteiger partial charge in [-0.1, -0.05) is 6.07 Å². The summed E-state index contributed by atoms with van der Waals surface area (Å²) < 4.78 is 5.27. The summed E-state index contributed by atoms with van der Waals surface area (Å²) in [6, 6.07) is 10.0. The van der Waals surface area contributed by atoms with Gasteiger partial charge < -0.3 is 10.5 Å². The lowest BCUT2D eigenvalue weighted by Crippen LogP contribution is -1.98. The molecule has 0 saturated heterocycles. The molecule has 5 nitrogen and oxygen atoms in total. The number of pyridine rings is 1. The highest BCUT2D eigenvalue weighted by Crippen LogP contribution is 2.53. The molecule has 0 amide bonds. The Morgan fingerprint density at radius 1 is 1.17 bits per heavy atom. The Morgan fingerprint density at radius 3 is 2.83 bits per heavy atom. The number of nitrogens with two attached hydrogens (primary N) is 1. The number of aryl methyl sites for hydroxylation is 1. The van der Waals surface area contributed by atoms with Gasteiger partial charge in [-0.05, 0) is 43.2 Å². The number of ether oxygens (including phenoxy) is 1. The largest absolute Gasteiger partial charge is 0.399 e. The van der Waals surface area contributed by atoms with E-state index in [2.05, 4.69) is 22.1 Å². The first-order valence-corrected chi connectivity index (χ1v) is 8.13. The quantitative estimate of drug-likeness (QED) is 0.746. The molecule has 1 aliphatic carbocycles. The molecule has 1 aliphatic rings. The van der Waals surface area contributed by atoms with Gasteiger partial charge in [0.05, 0.1) is 12.1 Å². The Hall–Kier alpha value is -2.53. The van der Waals surface area contributed by atoms with Crippen LogP contribution in [0, 0.1) is 6.92 Å². The summed E-state index contributed by atoms with van der Waals surface area (Å²) in [6.45, 7) is 2.53. The van der Waals surface area contributed by atoms with E-state index in [1.54, 1.807) is 7.11 Å². The normalized spacial score (nSPS) is 19.6. The molecule has 24 heavy (non-hydrogen) atoms. The van der Waals surface area contributed by atoms with Crippen LogP contribution in [0.1, 0.15) is 41.0 Å². The van der Waals surface area contributed by atoms with Gasteiger partial charge >= 0.3 is 0 Å². The number of hydrogen-bond acceptors (Lipinski definition) is 5. The Kier molecular flexibility index (Phi) is 3.65. The Labute approximate surface area is 140 Å². The molecule has 0 unspecified atom stereocenters. The predicted octanol–water partition coefficient (Wildman–Crippen LogP) is 3.33. The zero-order chi connectivity index (χ0) is 16.7. The number of nitrogen functional groups attached to an aromatic ring is 1. The molecule has 2 heterocycles. The molecule has 122 valence electrons. The third kappa shape index (κ3) is 2.71. The van der Waals surface area contributed by atoms with Gasteiger partial charge in [-0.3, -0.25) is 4.98 Å². The lowest BCUT2D eigenvalue weighted by molar-refractivity contribution is 0.186. The molecular formula is C19H20N4O. The molecule has 0 aliphatic heterocycles. The summed E-state index contributed by atoms with van der Waals surface area (Å²) in [5, 5.41) is 1.10. The number of rotatable bonds is 4. The number of aromatic nitrogens is 3. The molecule has 1 saturated carbocycles. The van der Waals surface area contributed by atoms with Crippen molar-refractivity contribution in [1.29, 1.82) is 0 Å². The lowest BCUT2D eigenvalue weighted by Gasteiger charge is -2.09. The first kappa shape index (κ1) is 15.0. The minimum atomic E-state index is 0.370. The van der Waals surface area contributed by atoms with Crippen molar-refractivity contribution in [2.75, 3.05) is 12.8 Å². The molecule has 2 atom stereocenters. The van der Waals surface area contributed by atoms with Gasteiger partial charge in [0.25, 0.3) is 0 Å². The molecule has 3 aromatic rings. The Morgan fingerprint density at radius 2 is 2.04 bits per heavy atom. The standard InChI is InChI=1S/C19H20N4O/c1-11-5-6-21-19(22-11)16-9-15(16)17-4-3-14-12(10-24-2)7-13(20)8-18(14)23-17/h3-8,15-16H,9-10,20H2,1-2H3/t15-,16-/m0/s1. The average molecular weight is 320 g/mol. The summed E-state index contributed by atoms with van der Waals surface area (Å²) in [4.78, 5) is 13.8. The summed E-state index contributed by atoms with van der Waals surface area (Å²) in [5.41, 5.74) is 10.8. The van der Waals surface area contributed by atoms with Gasteiger partial charge in [0.1, 0.15) is 5.82 Å². The zero-order valence-corrected chi connectivity index (χ0v) is 13.9. The number of benzene rings is 1. The van der Waals surface area contributed by atoms with Gasteiger partial charge in [-0.15, -0.1) is 0 Å². The van der Waals surface area contributed by atoms with Crippen LogP contribution in [0.2, 0.25) is 0 Å². The van der Waals surface area contributed by atoms with Crippen molar-refractivity contribution in [3.63, 3.8) is 0 Å². The van der Waals surface area contributed by atoms with Crippen molar-refractivity contribution in [2.24, 2.45) is 0 Å². The fraction of sp³-hybridized carbons (Fsp3) is 0.316. The van der Waals surface area contributed by atoms with Gasteiger partial charge in [-0.25, -0.2) is 9.97 Å². The van der Waals surface area contributed by atoms with Crippen LogP contribution in [0.3, 0.4) is 0 Å². The van der Waals surface area contributed by atoms with Crippen LogP contribution in [0.5, 0.6) is 0 Å². The van der Waals surface area contributed by atoms with E-state index in [0.29, 0.717) is 24.1 Å². The predicted molar refractivity (Wildman–Crippen MR) is 93.7 cm³/mol. The summed E-state index contributed by atoms with van der Waals surface area (Å²) >= 11 is 0. The molecule has 0 spiro atoms. The minimum Gasteiger partial charge on any atom is -0.399 e. The van der Waals surface area contributed by atoms with E-state index in [0.717, 1.165) is 40.1 Å². The molecule has 4 rings (SSSR count). The van der Waals surface area contributed by atoms with Crippen molar-refractivity contribution in [3.8, 4) is 0 Å². The van der Waals surface area contributed by atoms with Gasteiger partial charge in [0.15, 0.2) is 0 Å². The van der Waals surface area contributed by atoms with Gasteiger partial charge in [0.2, 0.25) is 0 Å². The monoisotopic (exact) mass is 320 g/mol. The number of methoxy groups -OCH3 is 1. The van der Waals surface area contributed by atoms with Crippen LogP contribution in [-0.4, -0.2) is 22.1 Å². The number of anilines is 1. The molecule has 5 heteroatoms. The zero-order valence-electron chi connectivity index (χ0n) is 13.9. The summed E-state index contributed by atoms with van der Waals surface area (Å²) in [5.74, 6) is 1.69. The van der Waals surface area contributed by atoms with E-state index in [1.807, 2.05) is 31.3 Å². The second-order valence-electron chi connectivity index (χ2n) is 6.42. The van der Waals surface area contributed by atoms with E-state index in [9.17, 15) is 0 Å². The third-order valence-electron chi connectivity index (χ3n) is 4.55. The second kappa shape index (κ2) is 5.83. The highest BCUT2D eigenvalue weighted by molar-refractivity contribution is 5.85. The highest BCUT2D eigenvalue weighted by atomic mass is 16.5. The van der Waals surface area contributed by atoms with Crippen LogP contribution in [-0.2, 0) is 11.3 Å². The first-order valence-electron chi connectivity index (χ1n) is 8.13. The van der Waals surface area contributed by atoms with E-state index in [4.69, 9.17) is 15.5 Å². The van der Waals surface area contributed by atoms with Crippen molar-refractivity contribution in [1.82, 2.24) is 15.0 Å². The van der Waals surface area contributed by atoms with Crippen LogP contribution < -0.4 is 5.73 Å². The van der Waals surface area contributed by atoms with Crippen LogP contribution in [0.25, 0.3) is 10.9 Å².